The number of hydrogen-bond donors (Lipinski definition) is 2. The van der Waals surface area contributed by atoms with E-state index in [9.17, 15) is 4.79 Å². The minimum absolute atomic E-state index is 0.0448. The topological polar surface area (TPSA) is 57.8 Å². The van der Waals surface area contributed by atoms with Gasteiger partial charge >= 0.3 is 0 Å². The molecule has 1 amide bonds. The molecule has 0 aromatic carbocycles. The molecule has 96 valence electrons. The lowest BCUT2D eigenvalue weighted by molar-refractivity contribution is 0.0948. The van der Waals surface area contributed by atoms with Gasteiger partial charge in [-0.1, -0.05) is 13.8 Å². The number of nitrogens with zero attached hydrogens (tertiary/aromatic N) is 1. The SMILES string of the molecule is CCC(CC)(CNC(=O)c1cn[nH]c1C)SC. The van der Waals surface area contributed by atoms with Crippen molar-refractivity contribution in [2.45, 2.75) is 38.4 Å². The number of carbonyl (C=O) groups is 1. The first-order valence-electron chi connectivity index (χ1n) is 5.92. The fourth-order valence-electron chi connectivity index (χ4n) is 1.78. The zero-order chi connectivity index (χ0) is 12.9. The molecule has 5 heteroatoms. The highest BCUT2D eigenvalue weighted by molar-refractivity contribution is 8.00. The minimum Gasteiger partial charge on any atom is -0.351 e. The van der Waals surface area contributed by atoms with Gasteiger partial charge in [-0.2, -0.15) is 16.9 Å². The fraction of sp³-hybridized carbons (Fsp3) is 0.667. The zero-order valence-corrected chi connectivity index (χ0v) is 11.8. The van der Waals surface area contributed by atoms with Gasteiger partial charge in [-0.25, -0.2) is 0 Å². The number of H-pyrrole nitrogens is 1. The highest BCUT2D eigenvalue weighted by Gasteiger charge is 2.25. The van der Waals surface area contributed by atoms with Crippen LogP contribution in [0.4, 0.5) is 0 Å². The van der Waals surface area contributed by atoms with Crippen LogP contribution in [0.25, 0.3) is 0 Å². The molecule has 1 heterocycles. The van der Waals surface area contributed by atoms with Crippen molar-refractivity contribution in [3.8, 4) is 0 Å². The molecular weight excluding hydrogens is 234 g/mol. The molecule has 0 saturated heterocycles. The first kappa shape index (κ1) is 14.1. The Morgan fingerprint density at radius 3 is 2.59 bits per heavy atom. The van der Waals surface area contributed by atoms with Crippen molar-refractivity contribution in [2.24, 2.45) is 0 Å². The summed E-state index contributed by atoms with van der Waals surface area (Å²) in [6, 6.07) is 0. The number of hydrogen-bond acceptors (Lipinski definition) is 3. The predicted octanol–water partition coefficient (Wildman–Crippen LogP) is 2.37. The third kappa shape index (κ3) is 3.25. The van der Waals surface area contributed by atoms with Crippen LogP contribution in [-0.2, 0) is 0 Å². The quantitative estimate of drug-likeness (QED) is 0.820. The molecule has 0 aliphatic heterocycles. The molecule has 17 heavy (non-hydrogen) atoms. The lowest BCUT2D eigenvalue weighted by Crippen LogP contribution is -2.39. The van der Waals surface area contributed by atoms with Gasteiger partial charge in [-0.3, -0.25) is 9.89 Å². The van der Waals surface area contributed by atoms with Gasteiger partial charge in [0.05, 0.1) is 11.8 Å². The Morgan fingerprint density at radius 1 is 1.53 bits per heavy atom. The first-order chi connectivity index (χ1) is 8.08. The summed E-state index contributed by atoms with van der Waals surface area (Å²) < 4.78 is 0.146. The molecule has 2 N–H and O–H groups in total. The highest BCUT2D eigenvalue weighted by Crippen LogP contribution is 2.29. The Hall–Kier alpha value is -0.970. The van der Waals surface area contributed by atoms with E-state index >= 15 is 0 Å². The van der Waals surface area contributed by atoms with Crippen LogP contribution in [0, 0.1) is 6.92 Å². The van der Waals surface area contributed by atoms with Crippen molar-refractivity contribution in [1.82, 2.24) is 15.5 Å². The van der Waals surface area contributed by atoms with Gasteiger partial charge in [-0.15, -0.1) is 0 Å². The number of amides is 1. The van der Waals surface area contributed by atoms with Crippen LogP contribution >= 0.6 is 11.8 Å². The molecular formula is C12H21N3OS. The first-order valence-corrected chi connectivity index (χ1v) is 7.14. The molecule has 0 aliphatic rings. The highest BCUT2D eigenvalue weighted by atomic mass is 32.2. The lowest BCUT2D eigenvalue weighted by atomic mass is 10.0. The van der Waals surface area contributed by atoms with Crippen molar-refractivity contribution in [3.05, 3.63) is 17.5 Å². The summed E-state index contributed by atoms with van der Waals surface area (Å²) in [4.78, 5) is 11.9. The van der Waals surface area contributed by atoms with Crippen molar-refractivity contribution >= 4 is 17.7 Å². The number of nitrogens with one attached hydrogen (secondary N) is 2. The second-order valence-electron chi connectivity index (χ2n) is 4.19. The summed E-state index contributed by atoms with van der Waals surface area (Å²) in [5, 5.41) is 9.63. The van der Waals surface area contributed by atoms with E-state index in [0.717, 1.165) is 18.5 Å². The number of rotatable bonds is 6. The van der Waals surface area contributed by atoms with Crippen molar-refractivity contribution in [3.63, 3.8) is 0 Å². The maximum atomic E-state index is 11.9. The molecule has 0 fully saturated rings. The number of aromatic amines is 1. The average molecular weight is 255 g/mol. The van der Waals surface area contributed by atoms with E-state index < -0.39 is 0 Å². The molecule has 0 spiro atoms. The second kappa shape index (κ2) is 6.10. The van der Waals surface area contributed by atoms with Gasteiger partial charge in [0.2, 0.25) is 0 Å². The van der Waals surface area contributed by atoms with Gasteiger partial charge in [0.1, 0.15) is 0 Å². The third-order valence-electron chi connectivity index (χ3n) is 3.37. The summed E-state index contributed by atoms with van der Waals surface area (Å²) >= 11 is 1.82. The summed E-state index contributed by atoms with van der Waals surface area (Å²) in [6.07, 6.45) is 5.77. The van der Waals surface area contributed by atoms with E-state index in [-0.39, 0.29) is 10.7 Å². The number of aromatic nitrogens is 2. The van der Waals surface area contributed by atoms with Crippen LogP contribution in [0.1, 0.15) is 42.7 Å². The molecule has 0 unspecified atom stereocenters. The molecule has 1 aromatic heterocycles. The van der Waals surface area contributed by atoms with E-state index in [1.807, 2.05) is 18.7 Å². The number of aryl methyl sites for hydroxylation is 1. The second-order valence-corrected chi connectivity index (χ2v) is 5.46. The van der Waals surface area contributed by atoms with E-state index in [2.05, 4.69) is 35.6 Å². The zero-order valence-electron chi connectivity index (χ0n) is 11.0. The fourth-order valence-corrected chi connectivity index (χ4v) is 2.57. The van der Waals surface area contributed by atoms with Crippen LogP contribution in [0.15, 0.2) is 6.20 Å². The Balaban J connectivity index is 2.62. The maximum Gasteiger partial charge on any atom is 0.254 e. The molecule has 4 nitrogen and oxygen atoms in total. The molecule has 0 radical (unpaired) electrons. The number of thioether (sulfide) groups is 1. The Morgan fingerprint density at radius 2 is 2.18 bits per heavy atom. The maximum absolute atomic E-state index is 11.9. The molecule has 0 aliphatic carbocycles. The third-order valence-corrected chi connectivity index (χ3v) is 4.96. The van der Waals surface area contributed by atoms with Crippen LogP contribution in [0.5, 0.6) is 0 Å². The molecule has 0 bridgehead atoms. The monoisotopic (exact) mass is 255 g/mol. The Kier molecular flexibility index (Phi) is 5.05. The van der Waals surface area contributed by atoms with Crippen molar-refractivity contribution in [1.29, 1.82) is 0 Å². The molecule has 1 rings (SSSR count). The van der Waals surface area contributed by atoms with Gasteiger partial charge in [0, 0.05) is 17.0 Å². The minimum atomic E-state index is -0.0448. The largest absolute Gasteiger partial charge is 0.351 e. The summed E-state index contributed by atoms with van der Waals surface area (Å²) in [7, 11) is 0. The van der Waals surface area contributed by atoms with Crippen molar-refractivity contribution < 1.29 is 4.79 Å². The van der Waals surface area contributed by atoms with Gasteiger partial charge in [0.15, 0.2) is 0 Å². The van der Waals surface area contributed by atoms with E-state index in [4.69, 9.17) is 0 Å². The molecule has 0 atom stereocenters. The number of carbonyl (C=O) groups excluding carboxylic acids is 1. The van der Waals surface area contributed by atoms with E-state index in [1.54, 1.807) is 6.20 Å². The standard InChI is InChI=1S/C12H21N3OS/c1-5-12(6-2,17-4)8-13-11(16)10-7-14-15-9(10)3/h7H,5-6,8H2,1-4H3,(H,13,16)(H,14,15). The lowest BCUT2D eigenvalue weighted by Gasteiger charge is -2.29. The van der Waals surface area contributed by atoms with Crippen LogP contribution in [0.2, 0.25) is 0 Å². The van der Waals surface area contributed by atoms with Crippen LogP contribution < -0.4 is 5.32 Å². The van der Waals surface area contributed by atoms with Gasteiger partial charge in [-0.05, 0) is 26.0 Å². The Bertz CT molecular complexity index is 363. The molecule has 1 aromatic rings. The summed E-state index contributed by atoms with van der Waals surface area (Å²) in [5.74, 6) is -0.0448. The summed E-state index contributed by atoms with van der Waals surface area (Å²) in [5.41, 5.74) is 1.44. The van der Waals surface area contributed by atoms with Crippen LogP contribution in [0.3, 0.4) is 0 Å². The van der Waals surface area contributed by atoms with Gasteiger partial charge < -0.3 is 5.32 Å². The summed E-state index contributed by atoms with van der Waals surface area (Å²) in [6.45, 7) is 6.87. The molecule has 0 saturated carbocycles. The smallest absolute Gasteiger partial charge is 0.254 e. The normalized spacial score (nSPS) is 11.5. The van der Waals surface area contributed by atoms with Crippen LogP contribution in [-0.4, -0.2) is 33.7 Å². The van der Waals surface area contributed by atoms with E-state index in [0.29, 0.717) is 12.1 Å². The Labute approximate surface area is 107 Å². The average Bonchev–Trinajstić information content (AvgIpc) is 2.78. The van der Waals surface area contributed by atoms with Gasteiger partial charge in [0.25, 0.3) is 5.91 Å². The predicted molar refractivity (Wildman–Crippen MR) is 72.5 cm³/mol. The van der Waals surface area contributed by atoms with Crippen molar-refractivity contribution in [2.75, 3.05) is 12.8 Å². The van der Waals surface area contributed by atoms with E-state index in [1.165, 1.54) is 0 Å².